The van der Waals surface area contributed by atoms with Crippen LogP contribution < -0.4 is 5.32 Å². The van der Waals surface area contributed by atoms with Crippen molar-refractivity contribution in [2.24, 2.45) is 5.92 Å². The van der Waals surface area contributed by atoms with Gasteiger partial charge < -0.3 is 5.32 Å². The Bertz CT molecular complexity index is 977. The molecule has 0 bridgehead atoms. The lowest BCUT2D eigenvalue weighted by Gasteiger charge is -2.32. The van der Waals surface area contributed by atoms with Gasteiger partial charge in [-0.3, -0.25) is 9.69 Å². The maximum Gasteiger partial charge on any atom is 0.245 e. The van der Waals surface area contributed by atoms with Gasteiger partial charge in [0.2, 0.25) is 15.9 Å². The molecule has 158 valence electrons. The van der Waals surface area contributed by atoms with Gasteiger partial charge in [-0.15, -0.1) is 0 Å². The van der Waals surface area contributed by atoms with E-state index in [9.17, 15) is 13.2 Å². The van der Waals surface area contributed by atoms with Crippen LogP contribution in [0.15, 0.2) is 23.1 Å². The first-order chi connectivity index (χ1) is 14.0. The average Bonchev–Trinajstić information content (AvgIpc) is 3.40. The minimum absolute atomic E-state index is 0.0404. The number of hydrogen-bond acceptors (Lipinski definition) is 7. The summed E-state index contributed by atoms with van der Waals surface area (Å²) in [6.07, 6.45) is 3.65. The Morgan fingerprint density at radius 3 is 2.90 bits per heavy atom. The summed E-state index contributed by atoms with van der Waals surface area (Å²) in [5, 5.41) is 3.07. The van der Waals surface area contributed by atoms with Gasteiger partial charge in [-0.25, -0.2) is 8.42 Å². The van der Waals surface area contributed by atoms with E-state index in [2.05, 4.69) is 25.9 Å². The lowest BCUT2D eigenvalue weighted by Crippen LogP contribution is -2.47. The van der Waals surface area contributed by atoms with Crippen molar-refractivity contribution >= 4 is 38.7 Å². The first-order valence-corrected chi connectivity index (χ1v) is 12.4. The van der Waals surface area contributed by atoms with Gasteiger partial charge in [-0.1, -0.05) is 13.0 Å². The van der Waals surface area contributed by atoms with Gasteiger partial charge >= 0.3 is 0 Å². The van der Waals surface area contributed by atoms with Gasteiger partial charge in [0.05, 0.1) is 17.6 Å². The third kappa shape index (κ3) is 4.16. The fourth-order valence-electron chi connectivity index (χ4n) is 4.41. The number of rotatable bonds is 6. The van der Waals surface area contributed by atoms with E-state index >= 15 is 0 Å². The Labute approximate surface area is 175 Å². The standard InChI is InChI=1S/C19H27N5O3S2/c1-2-23-10-5-7-15(23)12-20-19(25)14-6-4-11-24(13-14)29(26,27)17-9-3-8-16-18(17)22-28-21-16/h3,8-9,14-15H,2,4-7,10-13H2,1H3,(H,20,25)/t14-,15+/m1/s1. The summed E-state index contributed by atoms with van der Waals surface area (Å²) >= 11 is 1.00. The first-order valence-electron chi connectivity index (χ1n) is 10.2. The monoisotopic (exact) mass is 437 g/mol. The Balaban J connectivity index is 1.43. The Kier molecular flexibility index (Phi) is 6.14. The summed E-state index contributed by atoms with van der Waals surface area (Å²) in [6.45, 7) is 5.50. The van der Waals surface area contributed by atoms with Crippen LogP contribution in [0.5, 0.6) is 0 Å². The molecular formula is C19H27N5O3S2. The maximum atomic E-state index is 13.2. The predicted molar refractivity (Wildman–Crippen MR) is 112 cm³/mol. The van der Waals surface area contributed by atoms with E-state index in [-0.39, 0.29) is 23.3 Å². The van der Waals surface area contributed by atoms with Gasteiger partial charge in [0.25, 0.3) is 0 Å². The van der Waals surface area contributed by atoms with Crippen LogP contribution in [0, 0.1) is 5.92 Å². The lowest BCUT2D eigenvalue weighted by atomic mass is 9.98. The summed E-state index contributed by atoms with van der Waals surface area (Å²) < 4.78 is 36.2. The van der Waals surface area contributed by atoms with Crippen molar-refractivity contribution in [3.63, 3.8) is 0 Å². The highest BCUT2D eigenvalue weighted by Gasteiger charge is 2.35. The number of amides is 1. The lowest BCUT2D eigenvalue weighted by molar-refractivity contribution is -0.126. The van der Waals surface area contributed by atoms with Crippen LogP contribution in [-0.4, -0.2) is 71.0 Å². The number of sulfonamides is 1. The number of carbonyl (C=O) groups is 1. The van der Waals surface area contributed by atoms with Crippen LogP contribution in [0.2, 0.25) is 0 Å². The molecule has 0 unspecified atom stereocenters. The zero-order chi connectivity index (χ0) is 20.4. The third-order valence-corrected chi connectivity index (χ3v) is 8.48. The van der Waals surface area contributed by atoms with E-state index in [0.29, 0.717) is 43.0 Å². The molecule has 10 heteroatoms. The molecule has 1 aromatic heterocycles. The normalized spacial score (nSPS) is 24.2. The van der Waals surface area contributed by atoms with Crippen molar-refractivity contribution in [2.75, 3.05) is 32.7 Å². The molecule has 3 heterocycles. The van der Waals surface area contributed by atoms with Gasteiger partial charge in [0.15, 0.2) is 0 Å². The molecule has 2 aliphatic rings. The number of likely N-dealkylation sites (N-methyl/N-ethyl adjacent to an activating group) is 1. The third-order valence-electron chi connectivity index (χ3n) is 6.04. The number of benzene rings is 1. The molecule has 0 spiro atoms. The average molecular weight is 438 g/mol. The number of nitrogens with zero attached hydrogens (tertiary/aromatic N) is 4. The molecule has 29 heavy (non-hydrogen) atoms. The van der Waals surface area contributed by atoms with E-state index in [1.165, 1.54) is 10.7 Å². The van der Waals surface area contributed by atoms with Gasteiger partial charge in [-0.2, -0.15) is 13.1 Å². The number of fused-ring (bicyclic) bond motifs is 1. The number of likely N-dealkylation sites (tertiary alicyclic amines) is 1. The van der Waals surface area contributed by atoms with Crippen LogP contribution >= 0.6 is 11.7 Å². The van der Waals surface area contributed by atoms with Crippen molar-refractivity contribution in [3.05, 3.63) is 18.2 Å². The molecular weight excluding hydrogens is 410 g/mol. The second kappa shape index (κ2) is 8.63. The van der Waals surface area contributed by atoms with E-state index in [0.717, 1.165) is 31.2 Å². The highest BCUT2D eigenvalue weighted by molar-refractivity contribution is 7.89. The van der Waals surface area contributed by atoms with Gasteiger partial charge in [0.1, 0.15) is 15.9 Å². The Hall–Kier alpha value is -1.62. The Morgan fingerprint density at radius 1 is 1.24 bits per heavy atom. The number of aromatic nitrogens is 2. The predicted octanol–water partition coefficient (Wildman–Crippen LogP) is 1.69. The molecule has 1 amide bonds. The maximum absolute atomic E-state index is 13.2. The SMILES string of the molecule is CCN1CCC[C@H]1CNC(=O)[C@@H]1CCCN(S(=O)(=O)c2cccc3nsnc23)C1. The Morgan fingerprint density at radius 2 is 2.07 bits per heavy atom. The summed E-state index contributed by atoms with van der Waals surface area (Å²) in [5.74, 6) is -0.357. The molecule has 2 aliphatic heterocycles. The molecule has 1 N–H and O–H groups in total. The van der Waals surface area contributed by atoms with E-state index in [1.807, 2.05) is 0 Å². The van der Waals surface area contributed by atoms with Crippen LogP contribution in [0.25, 0.3) is 11.0 Å². The largest absolute Gasteiger partial charge is 0.354 e. The fourth-order valence-corrected chi connectivity index (χ4v) is 6.69. The second-order valence-electron chi connectivity index (χ2n) is 7.76. The molecule has 0 saturated carbocycles. The summed E-state index contributed by atoms with van der Waals surface area (Å²) in [5.41, 5.74) is 0.990. The van der Waals surface area contributed by atoms with Crippen LogP contribution in [0.3, 0.4) is 0 Å². The second-order valence-corrected chi connectivity index (χ2v) is 10.2. The van der Waals surface area contributed by atoms with Crippen LogP contribution in [0.4, 0.5) is 0 Å². The fraction of sp³-hybridized carbons (Fsp3) is 0.632. The van der Waals surface area contributed by atoms with Crippen molar-refractivity contribution in [3.8, 4) is 0 Å². The summed E-state index contributed by atoms with van der Waals surface area (Å²) in [4.78, 5) is 15.3. The summed E-state index contributed by atoms with van der Waals surface area (Å²) in [7, 11) is -3.72. The molecule has 2 saturated heterocycles. The molecule has 1 aromatic carbocycles. The molecule has 2 aromatic rings. The number of piperidine rings is 1. The van der Waals surface area contributed by atoms with Gasteiger partial charge in [-0.05, 0) is 50.9 Å². The minimum Gasteiger partial charge on any atom is -0.354 e. The van der Waals surface area contributed by atoms with Crippen molar-refractivity contribution in [2.45, 2.75) is 43.5 Å². The highest BCUT2D eigenvalue weighted by Crippen LogP contribution is 2.28. The minimum atomic E-state index is -3.72. The zero-order valence-corrected chi connectivity index (χ0v) is 18.2. The topological polar surface area (TPSA) is 95.5 Å². The number of nitrogens with one attached hydrogen (secondary N) is 1. The van der Waals surface area contributed by atoms with E-state index < -0.39 is 10.0 Å². The smallest absolute Gasteiger partial charge is 0.245 e. The number of carbonyl (C=O) groups excluding carboxylic acids is 1. The van der Waals surface area contributed by atoms with Crippen molar-refractivity contribution in [1.29, 1.82) is 0 Å². The summed E-state index contributed by atoms with van der Waals surface area (Å²) in [6, 6.07) is 5.41. The molecule has 0 radical (unpaired) electrons. The van der Waals surface area contributed by atoms with Crippen molar-refractivity contribution < 1.29 is 13.2 Å². The zero-order valence-electron chi connectivity index (χ0n) is 16.6. The first kappa shape index (κ1) is 20.6. The number of hydrogen-bond donors (Lipinski definition) is 1. The van der Waals surface area contributed by atoms with Crippen LogP contribution in [0.1, 0.15) is 32.6 Å². The molecule has 2 atom stereocenters. The molecule has 4 rings (SSSR count). The molecule has 2 fully saturated rings. The van der Waals surface area contributed by atoms with E-state index in [4.69, 9.17) is 0 Å². The van der Waals surface area contributed by atoms with E-state index in [1.54, 1.807) is 18.2 Å². The van der Waals surface area contributed by atoms with Crippen molar-refractivity contribution in [1.82, 2.24) is 23.3 Å². The molecule has 8 nitrogen and oxygen atoms in total. The quantitative estimate of drug-likeness (QED) is 0.739. The van der Waals surface area contributed by atoms with Crippen LogP contribution in [-0.2, 0) is 14.8 Å². The molecule has 0 aliphatic carbocycles. The highest BCUT2D eigenvalue weighted by atomic mass is 32.2. The van der Waals surface area contributed by atoms with Gasteiger partial charge in [0, 0.05) is 25.7 Å².